The van der Waals surface area contributed by atoms with Crippen LogP contribution in [0.3, 0.4) is 0 Å². The van der Waals surface area contributed by atoms with Crippen molar-refractivity contribution in [2.75, 3.05) is 6.61 Å². The Kier molecular flexibility index (Phi) is 8.63. The highest BCUT2D eigenvalue weighted by Crippen LogP contribution is 2.40. The molecule has 2 atom stereocenters. The van der Waals surface area contributed by atoms with Gasteiger partial charge in [-0.1, -0.05) is 99.2 Å². The molecule has 1 aliphatic rings. The summed E-state index contributed by atoms with van der Waals surface area (Å²) >= 11 is 0. The van der Waals surface area contributed by atoms with Crippen molar-refractivity contribution in [1.29, 1.82) is 0 Å². The van der Waals surface area contributed by atoms with E-state index in [1.165, 1.54) is 30.4 Å². The van der Waals surface area contributed by atoms with E-state index < -0.39 is 5.41 Å². The number of pyridine rings is 1. The predicted molar refractivity (Wildman–Crippen MR) is 127 cm³/mol. The van der Waals surface area contributed by atoms with Crippen LogP contribution >= 0.6 is 0 Å². The number of hydrogen-bond acceptors (Lipinski definition) is 3. The Labute approximate surface area is 187 Å². The van der Waals surface area contributed by atoms with Gasteiger partial charge in [0.2, 0.25) is 0 Å². The number of rotatable bonds is 11. The lowest BCUT2D eigenvalue weighted by Gasteiger charge is -2.32. The maximum absolute atomic E-state index is 13.3. The molecule has 31 heavy (non-hydrogen) atoms. The molecule has 0 aliphatic heterocycles. The lowest BCUT2D eigenvalue weighted by atomic mass is 9.73. The summed E-state index contributed by atoms with van der Waals surface area (Å²) in [5, 5.41) is 0. The zero-order valence-corrected chi connectivity index (χ0v) is 18.9. The van der Waals surface area contributed by atoms with Crippen molar-refractivity contribution in [2.45, 2.75) is 64.7 Å². The summed E-state index contributed by atoms with van der Waals surface area (Å²) < 4.78 is 5.78. The van der Waals surface area contributed by atoms with E-state index in [0.717, 1.165) is 25.0 Å². The molecule has 0 radical (unpaired) electrons. The van der Waals surface area contributed by atoms with Gasteiger partial charge in [-0.25, -0.2) is 0 Å². The van der Waals surface area contributed by atoms with E-state index in [4.69, 9.17) is 4.74 Å². The Morgan fingerprint density at radius 3 is 2.52 bits per heavy atom. The third-order valence-corrected chi connectivity index (χ3v) is 6.11. The van der Waals surface area contributed by atoms with Crippen molar-refractivity contribution >= 4 is 5.97 Å². The molecular formula is C28H35NO2. The number of ether oxygens (including phenoxy) is 1. The summed E-state index contributed by atoms with van der Waals surface area (Å²) in [6, 6.07) is 16.3. The normalized spacial score (nSPS) is 20.3. The second-order valence-corrected chi connectivity index (χ2v) is 8.55. The fourth-order valence-corrected chi connectivity index (χ4v) is 4.33. The molecule has 3 rings (SSSR count). The van der Waals surface area contributed by atoms with Gasteiger partial charge in [0.1, 0.15) is 5.41 Å². The third kappa shape index (κ3) is 6.40. The van der Waals surface area contributed by atoms with Crippen LogP contribution in [0, 0.1) is 5.41 Å². The van der Waals surface area contributed by atoms with Gasteiger partial charge < -0.3 is 4.74 Å². The number of hydrogen-bond donors (Lipinski definition) is 0. The number of aromatic nitrogens is 1. The minimum atomic E-state index is -0.661. The van der Waals surface area contributed by atoms with Crippen molar-refractivity contribution in [1.82, 2.24) is 4.98 Å². The average molecular weight is 418 g/mol. The van der Waals surface area contributed by atoms with Gasteiger partial charge in [-0.05, 0) is 31.0 Å². The van der Waals surface area contributed by atoms with Gasteiger partial charge in [-0.3, -0.25) is 9.78 Å². The SMILES string of the molecule is CCCCCCCC1(C(=O)OCCc2ccccn2)C=CC(c2ccccc2)C(C)=C1. The van der Waals surface area contributed by atoms with Crippen molar-refractivity contribution in [3.8, 4) is 0 Å². The van der Waals surface area contributed by atoms with E-state index >= 15 is 0 Å². The molecule has 3 heteroatoms. The number of carbonyl (C=O) groups is 1. The molecule has 0 saturated carbocycles. The van der Waals surface area contributed by atoms with Gasteiger partial charge in [0.05, 0.1) is 6.61 Å². The van der Waals surface area contributed by atoms with Crippen LogP contribution in [0.5, 0.6) is 0 Å². The van der Waals surface area contributed by atoms with Crippen molar-refractivity contribution < 1.29 is 9.53 Å². The van der Waals surface area contributed by atoms with Gasteiger partial charge in [0.25, 0.3) is 0 Å². The molecule has 1 aromatic carbocycles. The number of carbonyl (C=O) groups excluding carboxylic acids is 1. The van der Waals surface area contributed by atoms with Gasteiger partial charge >= 0.3 is 5.97 Å². The predicted octanol–water partition coefficient (Wildman–Crippen LogP) is 6.81. The fraction of sp³-hybridized carbons (Fsp3) is 0.429. The third-order valence-electron chi connectivity index (χ3n) is 6.11. The van der Waals surface area contributed by atoms with Gasteiger partial charge in [0.15, 0.2) is 0 Å². The first-order valence-electron chi connectivity index (χ1n) is 11.7. The summed E-state index contributed by atoms with van der Waals surface area (Å²) in [6.45, 7) is 4.71. The highest BCUT2D eigenvalue weighted by Gasteiger charge is 2.38. The smallest absolute Gasteiger partial charge is 0.319 e. The molecule has 1 aliphatic carbocycles. The summed E-state index contributed by atoms with van der Waals surface area (Å²) in [5.41, 5.74) is 2.75. The highest BCUT2D eigenvalue weighted by molar-refractivity contribution is 5.82. The summed E-state index contributed by atoms with van der Waals surface area (Å²) in [7, 11) is 0. The van der Waals surface area contributed by atoms with Crippen molar-refractivity contribution in [2.24, 2.45) is 5.41 Å². The van der Waals surface area contributed by atoms with E-state index in [9.17, 15) is 4.79 Å². The molecule has 0 N–H and O–H groups in total. The zero-order valence-electron chi connectivity index (χ0n) is 18.9. The molecule has 0 spiro atoms. The fourth-order valence-electron chi connectivity index (χ4n) is 4.33. The van der Waals surface area contributed by atoms with Crippen LogP contribution in [0.2, 0.25) is 0 Å². The number of unbranched alkanes of at least 4 members (excludes halogenated alkanes) is 4. The van der Waals surface area contributed by atoms with E-state index in [1.54, 1.807) is 6.20 Å². The van der Waals surface area contributed by atoms with Crippen LogP contribution in [0.1, 0.15) is 69.5 Å². The minimum absolute atomic E-state index is 0.138. The Morgan fingerprint density at radius 1 is 1.03 bits per heavy atom. The van der Waals surface area contributed by atoms with Crippen LogP contribution < -0.4 is 0 Å². The largest absolute Gasteiger partial charge is 0.464 e. The van der Waals surface area contributed by atoms with Gasteiger partial charge in [-0.2, -0.15) is 0 Å². The average Bonchev–Trinajstić information content (AvgIpc) is 2.80. The Balaban J connectivity index is 1.70. The maximum Gasteiger partial charge on any atom is 0.319 e. The number of allylic oxidation sites excluding steroid dienone is 2. The molecular weight excluding hydrogens is 382 g/mol. The first-order chi connectivity index (χ1) is 15.1. The molecule has 1 heterocycles. The topological polar surface area (TPSA) is 39.2 Å². The Morgan fingerprint density at radius 2 is 1.81 bits per heavy atom. The standard InChI is InChI=1S/C28H35NO2/c1-3-4-5-6-11-18-28(27(30)31-21-17-25-15-10-12-20-29-25)19-16-26(23(2)22-28)24-13-8-7-9-14-24/h7-10,12-16,19-20,22,26H,3-6,11,17-18,21H2,1-2H3. The lowest BCUT2D eigenvalue weighted by Crippen LogP contribution is -2.32. The maximum atomic E-state index is 13.3. The number of esters is 1. The molecule has 164 valence electrons. The minimum Gasteiger partial charge on any atom is -0.464 e. The van der Waals surface area contributed by atoms with Crippen LogP contribution in [-0.4, -0.2) is 17.6 Å². The summed E-state index contributed by atoms with van der Waals surface area (Å²) in [4.78, 5) is 17.6. The molecule has 0 amide bonds. The second kappa shape index (κ2) is 11.6. The molecule has 1 aromatic heterocycles. The van der Waals surface area contributed by atoms with Crippen molar-refractivity contribution in [3.63, 3.8) is 0 Å². The second-order valence-electron chi connectivity index (χ2n) is 8.55. The van der Waals surface area contributed by atoms with Crippen LogP contribution in [-0.2, 0) is 16.0 Å². The van der Waals surface area contributed by atoms with E-state index in [2.05, 4.69) is 61.3 Å². The first-order valence-corrected chi connectivity index (χ1v) is 11.7. The Hall–Kier alpha value is -2.68. The van der Waals surface area contributed by atoms with Gasteiger partial charge in [-0.15, -0.1) is 0 Å². The lowest BCUT2D eigenvalue weighted by molar-refractivity contribution is -0.150. The van der Waals surface area contributed by atoms with Crippen LogP contribution in [0.25, 0.3) is 0 Å². The van der Waals surface area contributed by atoms with E-state index in [0.29, 0.717) is 13.0 Å². The molecule has 2 unspecified atom stereocenters. The number of benzene rings is 1. The number of nitrogens with zero attached hydrogens (tertiary/aromatic N) is 1. The molecule has 0 fully saturated rings. The van der Waals surface area contributed by atoms with Crippen molar-refractivity contribution in [3.05, 3.63) is 89.8 Å². The first kappa shape index (κ1) is 23.0. The van der Waals surface area contributed by atoms with Crippen LogP contribution in [0.15, 0.2) is 78.5 Å². The summed E-state index contributed by atoms with van der Waals surface area (Å²) in [6.07, 6.45) is 15.5. The van der Waals surface area contributed by atoms with E-state index in [-0.39, 0.29) is 11.9 Å². The Bertz CT molecular complexity index is 872. The molecule has 0 bridgehead atoms. The quantitative estimate of drug-likeness (QED) is 0.229. The van der Waals surface area contributed by atoms with E-state index in [1.807, 2.05) is 24.3 Å². The molecule has 2 aromatic rings. The van der Waals surface area contributed by atoms with Gasteiger partial charge in [0, 0.05) is 24.2 Å². The molecule has 0 saturated heterocycles. The summed E-state index contributed by atoms with van der Waals surface area (Å²) in [5.74, 6) is 0.0803. The zero-order chi connectivity index (χ0) is 21.9. The monoisotopic (exact) mass is 417 g/mol. The highest BCUT2D eigenvalue weighted by atomic mass is 16.5. The van der Waals surface area contributed by atoms with Crippen LogP contribution in [0.4, 0.5) is 0 Å². The molecule has 3 nitrogen and oxygen atoms in total.